The van der Waals surface area contributed by atoms with Crippen molar-refractivity contribution >= 4 is 50.7 Å². The smallest absolute Gasteiger partial charge is 0.323 e. The van der Waals surface area contributed by atoms with E-state index < -0.39 is 6.03 Å². The van der Waals surface area contributed by atoms with Gasteiger partial charge in [-0.2, -0.15) is 0 Å². The van der Waals surface area contributed by atoms with E-state index in [1.54, 1.807) is 31.5 Å². The van der Waals surface area contributed by atoms with Gasteiger partial charge in [-0.25, -0.2) is 24.7 Å². The minimum absolute atomic E-state index is 0.315. The molecular weight excluding hydrogens is 388 g/mol. The molecule has 0 aliphatic carbocycles. The molecule has 0 unspecified atom stereocenters. The van der Waals surface area contributed by atoms with Crippen LogP contribution in [0, 0.1) is 13.8 Å². The standard InChI is InChI=1S/C17H13ClN6O2S/c1-8-5-20-15(26-8)14-12(18)3-10(6-19-14)23-17(25)24-11-4-13-16(21-7-11)27-9(2)22-13/h3-7H,1-2H3,(H2,23,24,25). The molecule has 8 nitrogen and oxygen atoms in total. The number of hydrogen-bond donors (Lipinski definition) is 2. The van der Waals surface area contributed by atoms with E-state index in [0.29, 0.717) is 33.7 Å². The molecule has 0 saturated heterocycles. The molecule has 0 fully saturated rings. The van der Waals surface area contributed by atoms with Crippen LogP contribution in [0.3, 0.4) is 0 Å². The number of oxazole rings is 1. The molecule has 0 aliphatic rings. The average Bonchev–Trinajstić information content (AvgIpc) is 3.19. The lowest BCUT2D eigenvalue weighted by molar-refractivity contribution is 0.262. The molecule has 0 saturated carbocycles. The van der Waals surface area contributed by atoms with Crippen molar-refractivity contribution in [3.05, 3.63) is 46.5 Å². The summed E-state index contributed by atoms with van der Waals surface area (Å²) in [6.07, 6.45) is 4.64. The second kappa shape index (κ2) is 6.93. The fourth-order valence-corrected chi connectivity index (χ4v) is 3.41. The summed E-state index contributed by atoms with van der Waals surface area (Å²) < 4.78 is 5.42. The van der Waals surface area contributed by atoms with Gasteiger partial charge in [-0.05, 0) is 26.0 Å². The van der Waals surface area contributed by atoms with Gasteiger partial charge in [0.15, 0.2) is 0 Å². The Balaban J connectivity index is 1.47. The minimum atomic E-state index is -0.444. The zero-order chi connectivity index (χ0) is 19.0. The predicted octanol–water partition coefficient (Wildman–Crippen LogP) is 4.66. The van der Waals surface area contributed by atoms with Gasteiger partial charge >= 0.3 is 6.03 Å². The van der Waals surface area contributed by atoms with Crippen molar-refractivity contribution in [3.8, 4) is 11.6 Å². The second-order valence-electron chi connectivity index (χ2n) is 5.69. The SMILES string of the molecule is Cc1cnc(-c2ncc(NC(=O)Nc3cnc4sc(C)nc4c3)cc2Cl)o1. The van der Waals surface area contributed by atoms with Gasteiger partial charge in [-0.3, -0.25) is 0 Å². The number of anilines is 2. The Morgan fingerprint density at radius 1 is 1.07 bits per heavy atom. The number of thiazole rings is 1. The molecule has 27 heavy (non-hydrogen) atoms. The van der Waals surface area contributed by atoms with Crippen LogP contribution in [0.1, 0.15) is 10.8 Å². The molecule has 0 aliphatic heterocycles. The van der Waals surface area contributed by atoms with Crippen molar-refractivity contribution in [2.75, 3.05) is 10.6 Å². The largest absolute Gasteiger partial charge is 0.440 e. The summed E-state index contributed by atoms with van der Waals surface area (Å²) in [5.41, 5.74) is 2.12. The highest BCUT2D eigenvalue weighted by atomic mass is 35.5. The highest BCUT2D eigenvalue weighted by Crippen LogP contribution is 2.27. The summed E-state index contributed by atoms with van der Waals surface area (Å²) in [5, 5.41) is 6.62. The topological polar surface area (TPSA) is 106 Å². The molecule has 0 bridgehead atoms. The first-order valence-electron chi connectivity index (χ1n) is 7.87. The van der Waals surface area contributed by atoms with Crippen LogP contribution in [0.15, 0.2) is 35.1 Å². The Labute approximate surface area is 162 Å². The van der Waals surface area contributed by atoms with Crippen molar-refractivity contribution in [2.45, 2.75) is 13.8 Å². The number of aryl methyl sites for hydroxylation is 2. The molecule has 2 amide bonds. The monoisotopic (exact) mass is 400 g/mol. The Bertz CT molecular complexity index is 1160. The Kier molecular flexibility index (Phi) is 4.46. The van der Waals surface area contributed by atoms with Crippen molar-refractivity contribution in [1.29, 1.82) is 0 Å². The highest BCUT2D eigenvalue weighted by Gasteiger charge is 2.13. The number of hydrogen-bond acceptors (Lipinski definition) is 7. The summed E-state index contributed by atoms with van der Waals surface area (Å²) in [5.74, 6) is 0.983. The average molecular weight is 401 g/mol. The zero-order valence-corrected chi connectivity index (χ0v) is 15.9. The number of aromatic nitrogens is 4. The maximum atomic E-state index is 12.2. The van der Waals surface area contributed by atoms with Crippen LogP contribution in [0.25, 0.3) is 21.9 Å². The summed E-state index contributed by atoms with van der Waals surface area (Å²) in [4.78, 5) is 30.0. The molecule has 136 valence electrons. The van der Waals surface area contributed by atoms with E-state index in [1.165, 1.54) is 17.5 Å². The number of pyridine rings is 2. The summed E-state index contributed by atoms with van der Waals surface area (Å²) in [7, 11) is 0. The number of rotatable bonds is 3. The maximum Gasteiger partial charge on any atom is 0.323 e. The molecule has 10 heteroatoms. The number of nitrogens with zero attached hydrogens (tertiary/aromatic N) is 4. The number of carbonyl (C=O) groups excluding carboxylic acids is 1. The molecule has 4 heterocycles. The first kappa shape index (κ1) is 17.4. The number of amides is 2. The first-order valence-corrected chi connectivity index (χ1v) is 9.07. The molecule has 0 atom stereocenters. The molecule has 4 rings (SSSR count). The zero-order valence-electron chi connectivity index (χ0n) is 14.3. The molecule has 0 radical (unpaired) electrons. The van der Waals surface area contributed by atoms with E-state index in [-0.39, 0.29) is 0 Å². The molecule has 2 N–H and O–H groups in total. The lowest BCUT2D eigenvalue weighted by Crippen LogP contribution is -2.19. The molecular formula is C17H13ClN6O2S. The normalized spacial score (nSPS) is 10.9. The van der Waals surface area contributed by atoms with E-state index in [0.717, 1.165) is 15.4 Å². The maximum absolute atomic E-state index is 12.2. The van der Waals surface area contributed by atoms with E-state index in [1.807, 2.05) is 6.92 Å². The third-order valence-electron chi connectivity index (χ3n) is 3.54. The highest BCUT2D eigenvalue weighted by molar-refractivity contribution is 7.18. The van der Waals surface area contributed by atoms with Crippen LogP contribution in [0.4, 0.5) is 16.2 Å². The van der Waals surface area contributed by atoms with Gasteiger partial charge in [0.25, 0.3) is 0 Å². The molecule has 0 spiro atoms. The molecule has 0 aromatic carbocycles. The fourth-order valence-electron chi connectivity index (χ4n) is 2.42. The third kappa shape index (κ3) is 3.74. The van der Waals surface area contributed by atoms with Gasteiger partial charge in [-0.15, -0.1) is 0 Å². The summed E-state index contributed by atoms with van der Waals surface area (Å²) in [6, 6.07) is 2.90. The van der Waals surface area contributed by atoms with Crippen molar-refractivity contribution in [2.24, 2.45) is 0 Å². The molecule has 4 aromatic rings. The van der Waals surface area contributed by atoms with Gasteiger partial charge in [-0.1, -0.05) is 22.9 Å². The van der Waals surface area contributed by atoms with Crippen LogP contribution in [-0.2, 0) is 0 Å². The Hall–Kier alpha value is -3.04. The Morgan fingerprint density at radius 2 is 1.81 bits per heavy atom. The van der Waals surface area contributed by atoms with E-state index >= 15 is 0 Å². The van der Waals surface area contributed by atoms with Crippen molar-refractivity contribution in [3.63, 3.8) is 0 Å². The number of halogens is 1. The van der Waals surface area contributed by atoms with E-state index in [2.05, 4.69) is 30.6 Å². The van der Waals surface area contributed by atoms with Crippen LogP contribution in [0.2, 0.25) is 5.02 Å². The van der Waals surface area contributed by atoms with Crippen LogP contribution in [0.5, 0.6) is 0 Å². The lowest BCUT2D eigenvalue weighted by Gasteiger charge is -2.08. The third-order valence-corrected chi connectivity index (χ3v) is 4.72. The predicted molar refractivity (Wildman–Crippen MR) is 104 cm³/mol. The van der Waals surface area contributed by atoms with Crippen LogP contribution >= 0.6 is 22.9 Å². The quantitative estimate of drug-likeness (QED) is 0.518. The van der Waals surface area contributed by atoms with Gasteiger partial charge in [0, 0.05) is 0 Å². The lowest BCUT2D eigenvalue weighted by atomic mass is 10.3. The molecule has 4 aromatic heterocycles. The van der Waals surface area contributed by atoms with Gasteiger partial charge in [0.05, 0.1) is 40.0 Å². The van der Waals surface area contributed by atoms with Crippen molar-refractivity contribution < 1.29 is 9.21 Å². The van der Waals surface area contributed by atoms with Crippen LogP contribution < -0.4 is 10.6 Å². The number of urea groups is 1. The fraction of sp³-hybridized carbons (Fsp3) is 0.118. The second-order valence-corrected chi connectivity index (χ2v) is 7.28. The Morgan fingerprint density at radius 3 is 2.52 bits per heavy atom. The summed E-state index contributed by atoms with van der Waals surface area (Å²) >= 11 is 7.73. The minimum Gasteiger partial charge on any atom is -0.440 e. The summed E-state index contributed by atoms with van der Waals surface area (Å²) in [6.45, 7) is 3.69. The van der Waals surface area contributed by atoms with E-state index in [4.69, 9.17) is 16.0 Å². The number of nitrogens with one attached hydrogen (secondary N) is 2. The van der Waals surface area contributed by atoms with Crippen molar-refractivity contribution in [1.82, 2.24) is 19.9 Å². The van der Waals surface area contributed by atoms with Gasteiger partial charge in [0.2, 0.25) is 5.89 Å². The number of carbonyl (C=O) groups is 1. The number of fused-ring (bicyclic) bond motifs is 1. The van der Waals surface area contributed by atoms with Crippen LogP contribution in [-0.4, -0.2) is 26.0 Å². The van der Waals surface area contributed by atoms with Gasteiger partial charge in [0.1, 0.15) is 21.8 Å². The first-order chi connectivity index (χ1) is 13.0. The van der Waals surface area contributed by atoms with Gasteiger partial charge < -0.3 is 15.1 Å². The van der Waals surface area contributed by atoms with E-state index in [9.17, 15) is 4.79 Å².